The molecular weight excluding hydrogens is 430 g/mol. The summed E-state index contributed by atoms with van der Waals surface area (Å²) in [6.07, 6.45) is 6.67. The van der Waals surface area contributed by atoms with Gasteiger partial charge in [-0.2, -0.15) is 10.3 Å². The molecule has 0 amide bonds. The summed E-state index contributed by atoms with van der Waals surface area (Å²) in [5, 5.41) is 28.4. The van der Waals surface area contributed by atoms with Gasteiger partial charge in [0.25, 0.3) is 0 Å². The fourth-order valence-electron chi connectivity index (χ4n) is 4.04. The molecule has 2 aromatic carbocycles. The van der Waals surface area contributed by atoms with E-state index in [1.807, 2.05) is 24.3 Å². The van der Waals surface area contributed by atoms with E-state index in [4.69, 9.17) is 0 Å². The molecule has 0 aliphatic carbocycles. The monoisotopic (exact) mass is 459 g/mol. The number of carboxylic acids is 1. The molecule has 2 heterocycles. The smallest absolute Gasteiger partial charge is 0.306 e. The van der Waals surface area contributed by atoms with Crippen LogP contribution in [0.25, 0.3) is 22.5 Å². The summed E-state index contributed by atoms with van der Waals surface area (Å²) in [6, 6.07) is 16.2. The highest BCUT2D eigenvalue weighted by Crippen LogP contribution is 2.29. The number of carboxylic acid groups (broad SMARTS) is 1. The number of tetrazole rings is 1. The van der Waals surface area contributed by atoms with Crippen molar-refractivity contribution in [3.05, 3.63) is 66.2 Å². The van der Waals surface area contributed by atoms with Gasteiger partial charge in [0, 0.05) is 12.0 Å². The molecular formula is C25H29N7O2. The average molecular weight is 460 g/mol. The van der Waals surface area contributed by atoms with E-state index in [2.05, 4.69) is 61.9 Å². The number of unbranched alkanes of at least 4 members (excludes halogenated alkanes) is 2. The van der Waals surface area contributed by atoms with E-state index in [0.717, 1.165) is 41.5 Å². The maximum Gasteiger partial charge on any atom is 0.306 e. The molecule has 1 unspecified atom stereocenters. The first kappa shape index (κ1) is 23.3. The third kappa shape index (κ3) is 5.92. The molecule has 0 spiro atoms. The van der Waals surface area contributed by atoms with Crippen molar-refractivity contribution in [2.24, 2.45) is 5.92 Å². The van der Waals surface area contributed by atoms with Crippen molar-refractivity contribution < 1.29 is 9.90 Å². The molecule has 0 saturated heterocycles. The van der Waals surface area contributed by atoms with Gasteiger partial charge in [-0.05, 0) is 34.7 Å². The van der Waals surface area contributed by atoms with E-state index >= 15 is 0 Å². The van der Waals surface area contributed by atoms with Crippen LogP contribution in [0, 0.1) is 5.92 Å². The Labute approximate surface area is 198 Å². The Morgan fingerprint density at radius 1 is 1.06 bits per heavy atom. The van der Waals surface area contributed by atoms with E-state index in [9.17, 15) is 9.90 Å². The highest BCUT2D eigenvalue weighted by atomic mass is 16.4. The SMILES string of the molecule is CCCCCC(CCc1ncn(Cc2ccc(-c3ccccc3-c3nn[nH]n3)cc2)n1)C(=O)O. The standard InChI is InChI=1S/C25H29N7O2/c1-2-3-4-7-20(25(33)34)14-15-23-26-17-32(29-23)16-18-10-12-19(13-11-18)21-8-5-6-9-22(21)24-27-30-31-28-24/h5-6,8-13,17,20H,2-4,7,14-16H2,1H3,(H,33,34)(H,27,28,30,31). The van der Waals surface area contributed by atoms with Crippen molar-refractivity contribution in [2.75, 3.05) is 0 Å². The van der Waals surface area contributed by atoms with Crippen LogP contribution in [0.5, 0.6) is 0 Å². The summed E-state index contributed by atoms with van der Waals surface area (Å²) in [5.41, 5.74) is 4.11. The van der Waals surface area contributed by atoms with Crippen molar-refractivity contribution in [3.8, 4) is 22.5 Å². The second-order valence-corrected chi connectivity index (χ2v) is 8.41. The number of aryl methyl sites for hydroxylation is 1. The molecule has 2 N–H and O–H groups in total. The fourth-order valence-corrected chi connectivity index (χ4v) is 4.04. The Morgan fingerprint density at radius 2 is 1.85 bits per heavy atom. The van der Waals surface area contributed by atoms with Crippen molar-refractivity contribution in [2.45, 2.75) is 52.0 Å². The molecule has 4 aromatic rings. The largest absolute Gasteiger partial charge is 0.481 e. The van der Waals surface area contributed by atoms with Gasteiger partial charge >= 0.3 is 5.97 Å². The lowest BCUT2D eigenvalue weighted by molar-refractivity contribution is -0.142. The molecule has 0 aliphatic rings. The molecule has 0 bridgehead atoms. The van der Waals surface area contributed by atoms with Gasteiger partial charge in [0.15, 0.2) is 5.82 Å². The van der Waals surface area contributed by atoms with Gasteiger partial charge in [-0.25, -0.2) is 9.67 Å². The third-order valence-electron chi connectivity index (χ3n) is 5.93. The quantitative estimate of drug-likeness (QED) is 0.301. The summed E-state index contributed by atoms with van der Waals surface area (Å²) >= 11 is 0. The van der Waals surface area contributed by atoms with Crippen molar-refractivity contribution >= 4 is 5.97 Å². The second-order valence-electron chi connectivity index (χ2n) is 8.41. The molecule has 0 aliphatic heterocycles. The number of aliphatic carboxylic acids is 1. The summed E-state index contributed by atoms with van der Waals surface area (Å²) in [4.78, 5) is 15.9. The predicted octanol–water partition coefficient (Wildman–Crippen LogP) is 4.39. The van der Waals surface area contributed by atoms with E-state index in [0.29, 0.717) is 37.5 Å². The number of aromatic nitrogens is 7. The molecule has 4 rings (SSSR count). The first-order valence-electron chi connectivity index (χ1n) is 11.7. The maximum absolute atomic E-state index is 11.5. The fraction of sp³-hybridized carbons (Fsp3) is 0.360. The van der Waals surface area contributed by atoms with Gasteiger partial charge < -0.3 is 5.11 Å². The topological polar surface area (TPSA) is 122 Å². The summed E-state index contributed by atoms with van der Waals surface area (Å²) in [5.74, 6) is 0.190. The number of benzene rings is 2. The Hall–Kier alpha value is -3.88. The molecule has 0 radical (unpaired) electrons. The van der Waals surface area contributed by atoms with Crippen molar-refractivity contribution in [1.29, 1.82) is 0 Å². The molecule has 0 saturated carbocycles. The van der Waals surface area contributed by atoms with Gasteiger partial charge in [-0.3, -0.25) is 4.79 Å². The minimum absolute atomic E-state index is 0.332. The molecule has 34 heavy (non-hydrogen) atoms. The van der Waals surface area contributed by atoms with Crippen LogP contribution >= 0.6 is 0 Å². The lowest BCUT2D eigenvalue weighted by Gasteiger charge is -2.10. The minimum atomic E-state index is -0.725. The number of hydrogen-bond donors (Lipinski definition) is 2. The van der Waals surface area contributed by atoms with E-state index in [1.54, 1.807) is 11.0 Å². The third-order valence-corrected chi connectivity index (χ3v) is 5.93. The zero-order valence-electron chi connectivity index (χ0n) is 19.3. The number of rotatable bonds is 12. The Bertz CT molecular complexity index is 1190. The highest BCUT2D eigenvalue weighted by Gasteiger charge is 2.18. The number of hydrogen-bond acceptors (Lipinski definition) is 6. The van der Waals surface area contributed by atoms with Crippen LogP contribution < -0.4 is 0 Å². The van der Waals surface area contributed by atoms with Crippen LogP contribution in [0.2, 0.25) is 0 Å². The maximum atomic E-state index is 11.5. The Balaban J connectivity index is 1.37. The van der Waals surface area contributed by atoms with E-state index in [1.165, 1.54) is 0 Å². The molecule has 176 valence electrons. The van der Waals surface area contributed by atoms with Gasteiger partial charge in [-0.1, -0.05) is 74.7 Å². The molecule has 9 heteroatoms. The summed E-state index contributed by atoms with van der Waals surface area (Å²) in [7, 11) is 0. The number of carbonyl (C=O) groups is 1. The Kier molecular flexibility index (Phi) is 7.75. The summed E-state index contributed by atoms with van der Waals surface area (Å²) in [6.45, 7) is 2.72. The number of aromatic amines is 1. The zero-order valence-corrected chi connectivity index (χ0v) is 19.3. The zero-order chi connectivity index (χ0) is 23.8. The van der Waals surface area contributed by atoms with Crippen LogP contribution in [-0.2, 0) is 17.8 Å². The van der Waals surface area contributed by atoms with Crippen LogP contribution in [-0.4, -0.2) is 46.5 Å². The first-order valence-corrected chi connectivity index (χ1v) is 11.7. The molecule has 0 fully saturated rings. The number of H-pyrrole nitrogens is 1. The van der Waals surface area contributed by atoms with E-state index < -0.39 is 5.97 Å². The van der Waals surface area contributed by atoms with Gasteiger partial charge in [-0.15, -0.1) is 10.2 Å². The van der Waals surface area contributed by atoms with Crippen molar-refractivity contribution in [3.63, 3.8) is 0 Å². The number of nitrogens with zero attached hydrogens (tertiary/aromatic N) is 6. The van der Waals surface area contributed by atoms with Crippen LogP contribution in [0.1, 0.15) is 50.4 Å². The molecule has 9 nitrogen and oxygen atoms in total. The van der Waals surface area contributed by atoms with E-state index in [-0.39, 0.29) is 5.92 Å². The average Bonchev–Trinajstić information content (AvgIpc) is 3.54. The molecule has 1 atom stereocenters. The lowest BCUT2D eigenvalue weighted by atomic mass is 9.96. The van der Waals surface area contributed by atoms with Crippen LogP contribution in [0.4, 0.5) is 0 Å². The normalized spacial score (nSPS) is 12.0. The Morgan fingerprint density at radius 3 is 2.56 bits per heavy atom. The first-order chi connectivity index (χ1) is 16.6. The van der Waals surface area contributed by atoms with Crippen LogP contribution in [0.15, 0.2) is 54.9 Å². The van der Waals surface area contributed by atoms with Gasteiger partial charge in [0.2, 0.25) is 5.82 Å². The van der Waals surface area contributed by atoms with Crippen molar-refractivity contribution in [1.82, 2.24) is 35.4 Å². The summed E-state index contributed by atoms with van der Waals surface area (Å²) < 4.78 is 1.80. The highest BCUT2D eigenvalue weighted by molar-refractivity contribution is 5.80. The van der Waals surface area contributed by atoms with Gasteiger partial charge in [0.1, 0.15) is 6.33 Å². The minimum Gasteiger partial charge on any atom is -0.481 e. The van der Waals surface area contributed by atoms with Crippen LogP contribution in [0.3, 0.4) is 0 Å². The predicted molar refractivity (Wildman–Crippen MR) is 128 cm³/mol. The molecule has 2 aromatic heterocycles. The van der Waals surface area contributed by atoms with Gasteiger partial charge in [0.05, 0.1) is 12.5 Å². The second kappa shape index (κ2) is 11.3. The lowest BCUT2D eigenvalue weighted by Crippen LogP contribution is -2.15. The number of nitrogens with one attached hydrogen (secondary N) is 1.